The fourth-order valence-electron chi connectivity index (χ4n) is 2.74. The van der Waals surface area contributed by atoms with Crippen molar-refractivity contribution in [1.29, 1.82) is 0 Å². The Labute approximate surface area is 132 Å². The SMILES string of the molecule is C=CC=CC=CCCCC1OC1CCCCCCCCC. The minimum absolute atomic E-state index is 0.571. The first kappa shape index (κ1) is 18.2. The summed E-state index contributed by atoms with van der Waals surface area (Å²) in [6.45, 7) is 5.92. The van der Waals surface area contributed by atoms with Crippen molar-refractivity contribution in [3.05, 3.63) is 37.0 Å². The van der Waals surface area contributed by atoms with Gasteiger partial charge in [0.05, 0.1) is 12.2 Å². The Kier molecular flexibility index (Phi) is 11.2. The van der Waals surface area contributed by atoms with E-state index in [0.717, 1.165) is 6.42 Å². The largest absolute Gasteiger partial charge is 0.370 e. The zero-order chi connectivity index (χ0) is 15.2. The highest BCUT2D eigenvalue weighted by Crippen LogP contribution is 2.31. The number of rotatable bonds is 14. The van der Waals surface area contributed by atoms with Crippen molar-refractivity contribution in [2.24, 2.45) is 0 Å². The molecule has 0 aliphatic carbocycles. The maximum atomic E-state index is 5.76. The van der Waals surface area contributed by atoms with E-state index < -0.39 is 0 Å². The van der Waals surface area contributed by atoms with Crippen molar-refractivity contribution in [2.75, 3.05) is 0 Å². The Morgan fingerprint density at radius 2 is 1.48 bits per heavy atom. The third-order valence-electron chi connectivity index (χ3n) is 4.13. The van der Waals surface area contributed by atoms with Gasteiger partial charge in [-0.1, -0.05) is 88.8 Å². The number of allylic oxidation sites excluding steroid dienone is 5. The first-order valence-corrected chi connectivity index (χ1v) is 8.98. The molecule has 1 nitrogen and oxygen atoms in total. The van der Waals surface area contributed by atoms with Gasteiger partial charge in [0.15, 0.2) is 0 Å². The van der Waals surface area contributed by atoms with Crippen molar-refractivity contribution in [3.8, 4) is 0 Å². The second-order valence-electron chi connectivity index (χ2n) is 6.10. The summed E-state index contributed by atoms with van der Waals surface area (Å²) in [5.41, 5.74) is 0. The molecule has 120 valence electrons. The molecule has 0 radical (unpaired) electrons. The zero-order valence-corrected chi connectivity index (χ0v) is 13.9. The van der Waals surface area contributed by atoms with E-state index in [0.29, 0.717) is 12.2 Å². The fraction of sp³-hybridized carbons (Fsp3) is 0.700. The van der Waals surface area contributed by atoms with Gasteiger partial charge < -0.3 is 4.74 Å². The summed E-state index contributed by atoms with van der Waals surface area (Å²) in [5, 5.41) is 0. The molecule has 0 N–H and O–H groups in total. The second-order valence-corrected chi connectivity index (χ2v) is 6.10. The van der Waals surface area contributed by atoms with Crippen LogP contribution in [0, 0.1) is 0 Å². The fourth-order valence-corrected chi connectivity index (χ4v) is 2.74. The zero-order valence-electron chi connectivity index (χ0n) is 13.9. The Morgan fingerprint density at radius 1 is 0.810 bits per heavy atom. The number of ether oxygens (including phenoxy) is 1. The van der Waals surface area contributed by atoms with Gasteiger partial charge in [0.2, 0.25) is 0 Å². The van der Waals surface area contributed by atoms with Crippen LogP contribution in [0.1, 0.15) is 77.6 Å². The Bertz CT molecular complexity index is 303. The standard InChI is InChI=1S/C20H34O/c1-3-5-7-9-11-13-15-17-19-20(21-19)18-16-14-12-10-8-6-4-2/h3,5,7,9,11,19-20H,1,4,6,8,10,12-18H2,2H3. The molecule has 0 spiro atoms. The van der Waals surface area contributed by atoms with Crippen molar-refractivity contribution < 1.29 is 4.74 Å². The molecule has 0 saturated carbocycles. The van der Waals surface area contributed by atoms with Crippen LogP contribution in [0.3, 0.4) is 0 Å². The average molecular weight is 290 g/mol. The Morgan fingerprint density at radius 3 is 2.19 bits per heavy atom. The van der Waals surface area contributed by atoms with Crippen LogP contribution in [0.25, 0.3) is 0 Å². The Hall–Kier alpha value is -0.820. The van der Waals surface area contributed by atoms with E-state index in [1.54, 1.807) is 6.08 Å². The van der Waals surface area contributed by atoms with Crippen LogP contribution in [0.15, 0.2) is 37.0 Å². The molecule has 1 aliphatic heterocycles. The topological polar surface area (TPSA) is 12.5 Å². The van der Waals surface area contributed by atoms with E-state index in [1.807, 2.05) is 12.2 Å². The monoisotopic (exact) mass is 290 g/mol. The molecular formula is C20H34O. The predicted molar refractivity (Wildman–Crippen MR) is 93.6 cm³/mol. The molecule has 21 heavy (non-hydrogen) atoms. The van der Waals surface area contributed by atoms with Crippen molar-refractivity contribution in [2.45, 2.75) is 89.8 Å². The number of epoxide rings is 1. The first-order valence-electron chi connectivity index (χ1n) is 8.98. The Balaban J connectivity index is 1.83. The van der Waals surface area contributed by atoms with Crippen LogP contribution in [0.5, 0.6) is 0 Å². The quantitative estimate of drug-likeness (QED) is 0.206. The smallest absolute Gasteiger partial charge is 0.0842 e. The third kappa shape index (κ3) is 10.5. The van der Waals surface area contributed by atoms with Gasteiger partial charge in [-0.05, 0) is 25.7 Å². The highest BCUT2D eigenvalue weighted by Gasteiger charge is 2.36. The van der Waals surface area contributed by atoms with Crippen LogP contribution >= 0.6 is 0 Å². The second kappa shape index (κ2) is 12.9. The van der Waals surface area contributed by atoms with Gasteiger partial charge in [-0.25, -0.2) is 0 Å². The molecule has 0 bridgehead atoms. The van der Waals surface area contributed by atoms with Gasteiger partial charge in [-0.3, -0.25) is 0 Å². The van der Waals surface area contributed by atoms with E-state index in [1.165, 1.54) is 64.2 Å². The summed E-state index contributed by atoms with van der Waals surface area (Å²) in [6, 6.07) is 0. The van der Waals surface area contributed by atoms with E-state index in [2.05, 4.69) is 25.7 Å². The molecule has 0 amide bonds. The minimum Gasteiger partial charge on any atom is -0.370 e. The van der Waals surface area contributed by atoms with Crippen molar-refractivity contribution in [3.63, 3.8) is 0 Å². The van der Waals surface area contributed by atoms with Crippen LogP contribution in [0.4, 0.5) is 0 Å². The maximum Gasteiger partial charge on any atom is 0.0842 e. The average Bonchev–Trinajstić information content (AvgIpc) is 3.24. The van der Waals surface area contributed by atoms with Crippen LogP contribution in [-0.4, -0.2) is 12.2 Å². The highest BCUT2D eigenvalue weighted by molar-refractivity contribution is 5.08. The first-order chi connectivity index (χ1) is 10.4. The summed E-state index contributed by atoms with van der Waals surface area (Å²) in [6.07, 6.45) is 26.0. The van der Waals surface area contributed by atoms with E-state index >= 15 is 0 Å². The van der Waals surface area contributed by atoms with Crippen molar-refractivity contribution in [1.82, 2.24) is 0 Å². The molecular weight excluding hydrogens is 256 g/mol. The lowest BCUT2D eigenvalue weighted by molar-refractivity contribution is 0.349. The predicted octanol–water partition coefficient (Wildman–Crippen LogP) is 6.36. The normalized spacial score (nSPS) is 21.4. The molecule has 1 fully saturated rings. The molecule has 1 rings (SSSR count). The van der Waals surface area contributed by atoms with E-state index in [9.17, 15) is 0 Å². The molecule has 2 unspecified atom stereocenters. The summed E-state index contributed by atoms with van der Waals surface area (Å²) >= 11 is 0. The molecule has 1 aliphatic rings. The van der Waals surface area contributed by atoms with Gasteiger partial charge in [0, 0.05) is 0 Å². The number of hydrogen-bond donors (Lipinski definition) is 0. The van der Waals surface area contributed by atoms with Crippen LogP contribution in [-0.2, 0) is 4.74 Å². The van der Waals surface area contributed by atoms with Gasteiger partial charge in [0.25, 0.3) is 0 Å². The number of hydrogen-bond acceptors (Lipinski definition) is 1. The molecule has 1 saturated heterocycles. The van der Waals surface area contributed by atoms with Gasteiger partial charge in [0.1, 0.15) is 0 Å². The summed E-state index contributed by atoms with van der Waals surface area (Å²) in [7, 11) is 0. The summed E-state index contributed by atoms with van der Waals surface area (Å²) in [5.74, 6) is 0. The lowest BCUT2D eigenvalue weighted by Gasteiger charge is -1.99. The van der Waals surface area contributed by atoms with Gasteiger partial charge >= 0.3 is 0 Å². The maximum absolute atomic E-state index is 5.76. The lowest BCUT2D eigenvalue weighted by Crippen LogP contribution is -1.94. The molecule has 0 aromatic carbocycles. The van der Waals surface area contributed by atoms with E-state index in [-0.39, 0.29) is 0 Å². The number of unbranched alkanes of at least 4 members (excludes halogenated alkanes) is 7. The minimum atomic E-state index is 0.571. The van der Waals surface area contributed by atoms with Crippen LogP contribution < -0.4 is 0 Å². The molecule has 0 aromatic heterocycles. The third-order valence-corrected chi connectivity index (χ3v) is 4.13. The van der Waals surface area contributed by atoms with Crippen LogP contribution in [0.2, 0.25) is 0 Å². The van der Waals surface area contributed by atoms with Gasteiger partial charge in [-0.2, -0.15) is 0 Å². The molecule has 1 heterocycles. The van der Waals surface area contributed by atoms with Gasteiger partial charge in [-0.15, -0.1) is 0 Å². The molecule has 2 atom stereocenters. The summed E-state index contributed by atoms with van der Waals surface area (Å²) in [4.78, 5) is 0. The highest BCUT2D eigenvalue weighted by atomic mass is 16.6. The lowest BCUT2D eigenvalue weighted by atomic mass is 10.0. The summed E-state index contributed by atoms with van der Waals surface area (Å²) < 4.78 is 5.76. The molecule has 1 heteroatoms. The van der Waals surface area contributed by atoms with Crippen molar-refractivity contribution >= 4 is 0 Å². The molecule has 0 aromatic rings. The van der Waals surface area contributed by atoms with E-state index in [4.69, 9.17) is 4.74 Å².